The smallest absolute Gasteiger partial charge is 0.223 e. The summed E-state index contributed by atoms with van der Waals surface area (Å²) >= 11 is 7.84. The highest BCUT2D eigenvalue weighted by Crippen LogP contribution is 2.23. The fourth-order valence-electron chi connectivity index (χ4n) is 3.49. The molecule has 0 spiro atoms. The minimum absolute atomic E-state index is 0.0375. The van der Waals surface area contributed by atoms with Crippen LogP contribution in [0.3, 0.4) is 0 Å². The van der Waals surface area contributed by atoms with E-state index in [1.807, 2.05) is 24.3 Å². The van der Waals surface area contributed by atoms with Crippen molar-refractivity contribution in [3.05, 3.63) is 70.5 Å². The van der Waals surface area contributed by atoms with Gasteiger partial charge in [-0.25, -0.2) is 17.1 Å². The van der Waals surface area contributed by atoms with Crippen LogP contribution in [0.1, 0.15) is 24.0 Å². The van der Waals surface area contributed by atoms with E-state index in [0.29, 0.717) is 19.4 Å². The number of thioether (sulfide) groups is 1. The van der Waals surface area contributed by atoms with E-state index in [4.69, 9.17) is 11.6 Å². The molecule has 1 heterocycles. The standard InChI is InChI=1S/C22H26ClFN2O3S2/c23-20-7-3-1-5-18(20)15-30-14-11-25-22(27)17-9-12-26(13-10-17)31(28,29)16-19-6-2-4-8-21(19)24/h1-8,17H,9-16H2,(H,25,27). The van der Waals surface area contributed by atoms with Gasteiger partial charge >= 0.3 is 0 Å². The fourth-order valence-corrected chi connectivity index (χ4v) is 6.21. The van der Waals surface area contributed by atoms with Crippen LogP contribution in [0, 0.1) is 11.7 Å². The Morgan fingerprint density at radius 3 is 2.42 bits per heavy atom. The number of sulfonamides is 1. The van der Waals surface area contributed by atoms with Crippen LogP contribution < -0.4 is 5.32 Å². The van der Waals surface area contributed by atoms with E-state index in [1.165, 1.54) is 22.5 Å². The van der Waals surface area contributed by atoms with Crippen molar-refractivity contribution in [3.8, 4) is 0 Å². The third-order valence-electron chi connectivity index (χ3n) is 5.27. The van der Waals surface area contributed by atoms with Crippen LogP contribution in [0.15, 0.2) is 48.5 Å². The molecule has 2 aromatic rings. The highest BCUT2D eigenvalue weighted by Gasteiger charge is 2.31. The van der Waals surface area contributed by atoms with Crippen molar-refractivity contribution < 1.29 is 17.6 Å². The molecule has 0 radical (unpaired) electrons. The van der Waals surface area contributed by atoms with Gasteiger partial charge in [0.1, 0.15) is 5.82 Å². The van der Waals surface area contributed by atoms with E-state index < -0.39 is 15.8 Å². The molecule has 0 unspecified atom stereocenters. The number of carbonyl (C=O) groups is 1. The monoisotopic (exact) mass is 484 g/mol. The molecule has 3 rings (SSSR count). The molecule has 1 saturated heterocycles. The number of rotatable bonds is 9. The van der Waals surface area contributed by atoms with Crippen molar-refractivity contribution in [3.63, 3.8) is 0 Å². The Kier molecular flexibility index (Phi) is 8.77. The average molecular weight is 485 g/mol. The zero-order chi connectivity index (χ0) is 22.3. The highest BCUT2D eigenvalue weighted by molar-refractivity contribution is 7.98. The third-order valence-corrected chi connectivity index (χ3v) is 8.48. The third kappa shape index (κ3) is 6.94. The van der Waals surface area contributed by atoms with Crippen LogP contribution in [-0.2, 0) is 26.3 Å². The van der Waals surface area contributed by atoms with Gasteiger partial charge in [-0.15, -0.1) is 0 Å². The first-order valence-corrected chi connectivity index (χ1v) is 13.3. The maximum absolute atomic E-state index is 13.8. The van der Waals surface area contributed by atoms with Crippen molar-refractivity contribution >= 4 is 39.3 Å². The van der Waals surface area contributed by atoms with Crippen LogP contribution in [0.2, 0.25) is 5.02 Å². The molecular weight excluding hydrogens is 459 g/mol. The Labute approximate surface area is 192 Å². The average Bonchev–Trinajstić information content (AvgIpc) is 2.76. The van der Waals surface area contributed by atoms with Crippen molar-refractivity contribution in [1.29, 1.82) is 0 Å². The number of nitrogens with one attached hydrogen (secondary N) is 1. The first kappa shape index (κ1) is 24.0. The summed E-state index contributed by atoms with van der Waals surface area (Å²) in [5.74, 6) is 0.436. The van der Waals surface area contributed by atoms with E-state index in [-0.39, 0.29) is 36.2 Å². The Hall–Kier alpha value is -1.61. The molecule has 0 atom stereocenters. The van der Waals surface area contributed by atoms with Gasteiger partial charge in [0.05, 0.1) is 5.75 Å². The predicted octanol–water partition coefficient (Wildman–Crippen LogP) is 4.07. The lowest BCUT2D eigenvalue weighted by Gasteiger charge is -2.30. The molecule has 1 aliphatic rings. The van der Waals surface area contributed by atoms with Crippen molar-refractivity contribution in [1.82, 2.24) is 9.62 Å². The lowest BCUT2D eigenvalue weighted by Crippen LogP contribution is -2.43. The molecule has 31 heavy (non-hydrogen) atoms. The van der Waals surface area contributed by atoms with Crippen molar-refractivity contribution in [2.75, 3.05) is 25.4 Å². The van der Waals surface area contributed by atoms with Crippen LogP contribution in [0.5, 0.6) is 0 Å². The predicted molar refractivity (Wildman–Crippen MR) is 124 cm³/mol. The van der Waals surface area contributed by atoms with Gasteiger partial charge in [0, 0.05) is 47.6 Å². The second-order valence-corrected chi connectivity index (χ2v) is 10.9. The quantitative estimate of drug-likeness (QED) is 0.545. The maximum Gasteiger partial charge on any atom is 0.223 e. The molecule has 1 amide bonds. The molecule has 9 heteroatoms. The highest BCUT2D eigenvalue weighted by atomic mass is 35.5. The summed E-state index contributed by atoms with van der Waals surface area (Å²) < 4.78 is 40.4. The Balaban J connectivity index is 1.38. The molecule has 1 N–H and O–H groups in total. The van der Waals surface area contributed by atoms with Gasteiger partial charge in [-0.3, -0.25) is 4.79 Å². The lowest BCUT2D eigenvalue weighted by molar-refractivity contribution is -0.125. The Morgan fingerprint density at radius 2 is 1.74 bits per heavy atom. The summed E-state index contributed by atoms with van der Waals surface area (Å²) in [5, 5.41) is 3.69. The molecule has 1 fully saturated rings. The maximum atomic E-state index is 13.8. The number of hydrogen-bond donors (Lipinski definition) is 1. The second kappa shape index (κ2) is 11.3. The second-order valence-electron chi connectivity index (χ2n) is 7.46. The van der Waals surface area contributed by atoms with E-state index >= 15 is 0 Å². The van der Waals surface area contributed by atoms with Crippen LogP contribution in [0.25, 0.3) is 0 Å². The fraction of sp³-hybridized carbons (Fsp3) is 0.409. The normalized spacial score (nSPS) is 15.7. The van der Waals surface area contributed by atoms with E-state index in [0.717, 1.165) is 22.1 Å². The molecule has 0 bridgehead atoms. The number of nitrogens with zero attached hydrogens (tertiary/aromatic N) is 1. The summed E-state index contributed by atoms with van der Waals surface area (Å²) in [6, 6.07) is 13.6. The number of hydrogen-bond acceptors (Lipinski definition) is 4. The van der Waals surface area contributed by atoms with Gasteiger partial charge in [-0.1, -0.05) is 48.0 Å². The van der Waals surface area contributed by atoms with Gasteiger partial charge in [-0.2, -0.15) is 11.8 Å². The zero-order valence-electron chi connectivity index (χ0n) is 17.1. The van der Waals surface area contributed by atoms with Gasteiger partial charge in [-0.05, 0) is 30.5 Å². The van der Waals surface area contributed by atoms with Gasteiger partial charge in [0.2, 0.25) is 15.9 Å². The number of amides is 1. The van der Waals surface area contributed by atoms with E-state index in [2.05, 4.69) is 5.32 Å². The summed E-state index contributed by atoms with van der Waals surface area (Å²) in [7, 11) is -3.61. The summed E-state index contributed by atoms with van der Waals surface area (Å²) in [4.78, 5) is 12.4. The first-order chi connectivity index (χ1) is 14.9. The Bertz CT molecular complexity index is 996. The largest absolute Gasteiger partial charge is 0.355 e. The van der Waals surface area contributed by atoms with Gasteiger partial charge in [0.25, 0.3) is 0 Å². The summed E-state index contributed by atoms with van der Waals surface area (Å²) in [6.45, 7) is 1.10. The van der Waals surface area contributed by atoms with Crippen molar-refractivity contribution in [2.45, 2.75) is 24.3 Å². The molecule has 0 saturated carbocycles. The van der Waals surface area contributed by atoms with E-state index in [9.17, 15) is 17.6 Å². The first-order valence-electron chi connectivity index (χ1n) is 10.2. The molecule has 0 aliphatic carbocycles. The van der Waals surface area contributed by atoms with E-state index in [1.54, 1.807) is 17.8 Å². The molecule has 1 aliphatic heterocycles. The summed E-state index contributed by atoms with van der Waals surface area (Å²) in [5.41, 5.74) is 1.24. The number of piperidine rings is 1. The minimum atomic E-state index is -3.61. The van der Waals surface area contributed by atoms with Crippen molar-refractivity contribution in [2.24, 2.45) is 5.92 Å². The summed E-state index contributed by atoms with van der Waals surface area (Å²) in [6.07, 6.45) is 0.935. The molecule has 0 aromatic heterocycles. The zero-order valence-corrected chi connectivity index (χ0v) is 19.5. The topological polar surface area (TPSA) is 66.5 Å². The van der Waals surface area contributed by atoms with Gasteiger partial charge < -0.3 is 5.32 Å². The molecule has 5 nitrogen and oxygen atoms in total. The molecular formula is C22H26ClFN2O3S2. The van der Waals surface area contributed by atoms with Crippen LogP contribution in [0.4, 0.5) is 4.39 Å². The Morgan fingerprint density at radius 1 is 1.10 bits per heavy atom. The van der Waals surface area contributed by atoms with Crippen LogP contribution >= 0.6 is 23.4 Å². The number of benzene rings is 2. The molecule has 2 aromatic carbocycles. The van der Waals surface area contributed by atoms with Gasteiger partial charge in [0.15, 0.2) is 0 Å². The number of halogens is 2. The lowest BCUT2D eigenvalue weighted by atomic mass is 9.97. The number of carbonyl (C=O) groups excluding carboxylic acids is 1. The minimum Gasteiger partial charge on any atom is -0.355 e. The SMILES string of the molecule is O=C(NCCSCc1ccccc1Cl)C1CCN(S(=O)(=O)Cc2ccccc2F)CC1. The van der Waals surface area contributed by atoms with Crippen LogP contribution in [-0.4, -0.2) is 44.0 Å². The molecule has 168 valence electrons.